The third kappa shape index (κ3) is 25.0. The van der Waals surface area contributed by atoms with Gasteiger partial charge in [-0.2, -0.15) is 0 Å². The zero-order chi connectivity index (χ0) is 101. The highest BCUT2D eigenvalue weighted by Gasteiger charge is 2.63. The summed E-state index contributed by atoms with van der Waals surface area (Å²) in [5, 5.41) is 339. The molecule has 137 heavy (non-hydrogen) atoms. The number of carboxylic acid groups (broad SMARTS) is 1. The van der Waals surface area contributed by atoms with E-state index in [9.17, 15) is 177 Å². The maximum atomic E-state index is 13.5. The van der Waals surface area contributed by atoms with Gasteiger partial charge in [0, 0.05) is 34.6 Å². The minimum absolute atomic E-state index is 0.866. The molecular formula is C76H125N5O56. The maximum absolute atomic E-state index is 13.5. The molecule has 0 aromatic rings. The molecule has 61 nitrogen and oxygen atoms in total. The minimum Gasteiger partial charge on any atom is -0.479 e. The van der Waals surface area contributed by atoms with Crippen molar-refractivity contribution in [2.24, 2.45) is 0 Å². The zero-order valence-corrected chi connectivity index (χ0v) is 73.6. The first-order valence-electron chi connectivity index (χ1n) is 43.5. The van der Waals surface area contributed by atoms with Crippen molar-refractivity contribution in [3.05, 3.63) is 0 Å². The molecule has 0 aromatic carbocycles. The van der Waals surface area contributed by atoms with Crippen LogP contribution in [0.1, 0.15) is 41.5 Å². The molecule has 11 saturated heterocycles. The normalized spacial score (nSPS) is 48.9. The summed E-state index contributed by atoms with van der Waals surface area (Å²) >= 11 is 0. The van der Waals surface area contributed by atoms with Gasteiger partial charge in [-0.25, -0.2) is 4.79 Å². The lowest BCUT2D eigenvalue weighted by Crippen LogP contribution is -2.71. The molecule has 0 spiro atoms. The predicted molar refractivity (Wildman–Crippen MR) is 419 cm³/mol. The Labute approximate surface area is 774 Å². The standard InChI is InChI=1S/C76H125N5O56/c1-16-36(94)47(105)52(110)71(119-16)117-14-29-58(44(102)31(66(116)120-29)77-17(2)89)129-69-34(80-20(5)92)45(103)57(27(12-87)126-69)131-74-55(113)61(134-76-64(50(108)40(98)25(10-85)125-76)137-68-33(79-19(4)91)43(101)38(96)23(8-83)122-68)59(132-67-32(78-18(3)90)42(100)37(95)22(7-82)121-67)30(128-74)15-118-75-63(49(107)39(97)24(9-84)124-75)136-70-35(81-21(6)93)46(104)56(28(13-88)127-70)130-73-54(112)60(41(99)26(11-86)123-73)133-72-53(111)48(106)51(109)62(135-72)65(114)115/h16,22-64,66-76,82-88,94-113,116H,7-15H2,1-6H3,(H,77,89)(H,78,90)(H,79,91)(H,80,92)(H,81,93)(H,114,115)/t16-,22-,23-,24-,25-,26-,27-,28-,29-,30-,31-,32-,33-,34-,35-,36+,37-,38-,39-,40-,41+,42-,43-,44-,45-,46-,47+,48+,49+,50+,51+,52-,53-,54-,55+,56-,57-,58-,59-,60+,61-,62+,63+,64+,66+,67+,68+,69-,70+,71+,72-,73+,74-,75+,76+/m1/s1. The Morgan fingerprint density at radius 2 is 0.511 bits per heavy atom. The average Bonchev–Trinajstić information content (AvgIpc) is 0.755. The fraction of sp³-hybridized carbons (Fsp3) is 0.921. The van der Waals surface area contributed by atoms with E-state index in [1.54, 1.807) is 0 Å². The van der Waals surface area contributed by atoms with Gasteiger partial charge in [-0.15, -0.1) is 0 Å². The number of ether oxygens (including phenoxy) is 21. The monoisotopic (exact) mass is 2000 g/mol. The number of amides is 5. The van der Waals surface area contributed by atoms with Gasteiger partial charge in [0.05, 0.1) is 65.6 Å². The van der Waals surface area contributed by atoms with Crippen molar-refractivity contribution in [3.63, 3.8) is 0 Å². The fourth-order valence-corrected chi connectivity index (χ4v) is 17.6. The molecule has 11 aliphatic heterocycles. The van der Waals surface area contributed by atoms with Crippen LogP contribution in [0.25, 0.3) is 0 Å². The molecule has 0 bridgehead atoms. The number of carboxylic acids is 1. The Hall–Kier alpha value is -5.14. The second kappa shape index (κ2) is 48.7. The number of carbonyl (C=O) groups excluding carboxylic acids is 5. The lowest BCUT2D eigenvalue weighted by Gasteiger charge is -2.52. The van der Waals surface area contributed by atoms with E-state index in [4.69, 9.17) is 99.5 Å². The Balaban J connectivity index is 0.989. The van der Waals surface area contributed by atoms with E-state index in [0.717, 1.165) is 34.6 Å². The van der Waals surface area contributed by atoms with Crippen LogP contribution in [-0.2, 0) is 128 Å². The van der Waals surface area contributed by atoms with Crippen LogP contribution in [0.3, 0.4) is 0 Å². The Bertz CT molecular complexity index is 3860. The van der Waals surface area contributed by atoms with Gasteiger partial charge in [0.25, 0.3) is 0 Å². The topological polar surface area (TPSA) is 943 Å². The number of nitrogens with one attached hydrogen (secondary N) is 5. The average molecular weight is 2000 g/mol. The summed E-state index contributed by atoms with van der Waals surface area (Å²) in [4.78, 5) is 77.4. The van der Waals surface area contributed by atoms with Crippen molar-refractivity contribution in [1.29, 1.82) is 0 Å². The SMILES string of the molecule is CC(=O)N[C@@H]1[C@@H](O)[C@H](O[C@H]2O[C@H](CO)[C@@H](O[C@H]3O[C@H](CO[C@H]4O[C@H](CO)[C@@H](O)[C@H](O)[C@@H]4O[C@@H]4O[C@H](CO)[C@@H](O[C@@H]5O[C@H](CO)[C@H](O)[C@H](O[C@@H]6O[C@H](C(=O)O)[C@@H](O)[C@H](O)[C@H]6O)[C@H]5O)[C@H](O)[C@H]4NC(C)=O)[C@@H](O[C@@H]4O[C@H](CO)[C@@H](O)[C@H](O)[C@H]4NC(C)=O)[C@H](O[C@@H]4O[C@H](CO)[C@@H](O)[C@H](O)[C@@H]4O[C@@H]4O[C@H](CO)[C@@H](O)[C@H](O)[C@H]4NC(C)=O)[C@@H]3O)[C@H](O)[C@H]2NC(C)=O)[C@@H](CO[C@H]2O[C@H](C)[C@H](O)[C@H](O)[C@H]2O)O[C@@H]1O. The third-order valence-electron chi connectivity index (χ3n) is 24.9. The van der Waals surface area contributed by atoms with Gasteiger partial charge in [0.15, 0.2) is 75.3 Å². The molecule has 0 unspecified atom stereocenters. The highest BCUT2D eigenvalue weighted by atomic mass is 16.8. The fourth-order valence-electron chi connectivity index (χ4n) is 17.6. The molecule has 5 amide bonds. The van der Waals surface area contributed by atoms with Crippen molar-refractivity contribution in [1.82, 2.24) is 26.6 Å². The van der Waals surface area contributed by atoms with E-state index in [1.165, 1.54) is 6.92 Å². The van der Waals surface area contributed by atoms with E-state index in [2.05, 4.69) is 26.6 Å². The molecule has 0 aromatic heterocycles. The van der Waals surface area contributed by atoms with Crippen LogP contribution in [0, 0.1) is 0 Å². The van der Waals surface area contributed by atoms with Crippen LogP contribution < -0.4 is 26.6 Å². The lowest BCUT2D eigenvalue weighted by molar-refractivity contribution is -0.408. The quantitative estimate of drug-likeness (QED) is 0.0280. The number of aliphatic carboxylic acids is 1. The number of hydrogen-bond acceptors (Lipinski definition) is 55. The Morgan fingerprint density at radius 3 is 0.942 bits per heavy atom. The number of aliphatic hydroxyl groups excluding tert-OH is 28. The number of hydrogen-bond donors (Lipinski definition) is 34. The smallest absolute Gasteiger partial charge is 0.335 e. The van der Waals surface area contributed by atoms with Crippen molar-refractivity contribution < 1.29 is 276 Å². The molecule has 11 aliphatic rings. The van der Waals surface area contributed by atoms with Crippen LogP contribution in [-0.4, -0.2) is 581 Å². The Kier molecular flexibility index (Phi) is 39.9. The van der Waals surface area contributed by atoms with Crippen molar-refractivity contribution in [3.8, 4) is 0 Å². The van der Waals surface area contributed by atoms with Crippen LogP contribution in [0.5, 0.6) is 0 Å². The highest BCUT2D eigenvalue weighted by molar-refractivity contribution is 5.75. The molecule has 11 heterocycles. The van der Waals surface area contributed by atoms with Crippen molar-refractivity contribution in [2.45, 2.75) is 379 Å². The molecule has 11 rings (SSSR count). The largest absolute Gasteiger partial charge is 0.479 e. The molecule has 61 heteroatoms. The van der Waals surface area contributed by atoms with Crippen molar-refractivity contribution in [2.75, 3.05) is 59.5 Å². The summed E-state index contributed by atoms with van der Waals surface area (Å²) < 4.78 is 127. The maximum Gasteiger partial charge on any atom is 0.335 e. The first kappa shape index (κ1) is 112. The molecule has 34 N–H and O–H groups in total. The van der Waals surface area contributed by atoms with E-state index in [1.807, 2.05) is 0 Å². The summed E-state index contributed by atoms with van der Waals surface area (Å²) in [5.41, 5.74) is 0. The number of carbonyl (C=O) groups is 6. The molecule has 0 aliphatic carbocycles. The summed E-state index contributed by atoms with van der Waals surface area (Å²) in [7, 11) is 0. The van der Waals surface area contributed by atoms with E-state index in [0.29, 0.717) is 0 Å². The first-order chi connectivity index (χ1) is 64.7. The van der Waals surface area contributed by atoms with E-state index in [-0.39, 0.29) is 0 Å². The van der Waals surface area contributed by atoms with Gasteiger partial charge in [-0.1, -0.05) is 0 Å². The second-order valence-corrected chi connectivity index (χ2v) is 34.6. The van der Waals surface area contributed by atoms with Crippen LogP contribution in [0.2, 0.25) is 0 Å². The molecular weight excluding hydrogens is 1880 g/mol. The van der Waals surface area contributed by atoms with Crippen LogP contribution >= 0.6 is 0 Å². The molecule has 55 atom stereocenters. The van der Waals surface area contributed by atoms with Crippen LogP contribution in [0.4, 0.5) is 0 Å². The number of rotatable bonds is 35. The highest BCUT2D eigenvalue weighted by Crippen LogP contribution is 2.42. The summed E-state index contributed by atoms with van der Waals surface area (Å²) in [6, 6.07) is -10.1. The lowest BCUT2D eigenvalue weighted by atomic mass is 9.93. The van der Waals surface area contributed by atoms with Gasteiger partial charge < -0.3 is 274 Å². The van der Waals surface area contributed by atoms with Gasteiger partial charge >= 0.3 is 5.97 Å². The van der Waals surface area contributed by atoms with Gasteiger partial charge in [-0.3, -0.25) is 24.0 Å². The molecule has 0 saturated carbocycles. The molecule has 11 fully saturated rings. The molecule has 0 radical (unpaired) electrons. The minimum atomic E-state index is -2.80. The van der Waals surface area contributed by atoms with E-state index < -0.39 is 432 Å². The van der Waals surface area contributed by atoms with E-state index >= 15 is 0 Å². The van der Waals surface area contributed by atoms with Gasteiger partial charge in [-0.05, 0) is 6.92 Å². The van der Waals surface area contributed by atoms with Crippen molar-refractivity contribution >= 4 is 35.5 Å². The summed E-state index contributed by atoms with van der Waals surface area (Å²) in [6.07, 6.45) is -111. The third-order valence-corrected chi connectivity index (χ3v) is 24.9. The second-order valence-electron chi connectivity index (χ2n) is 34.6. The molecule has 790 valence electrons. The van der Waals surface area contributed by atoms with Crippen LogP contribution in [0.15, 0.2) is 0 Å². The summed E-state index contributed by atoms with van der Waals surface area (Å²) in [6.45, 7) is -5.15. The van der Waals surface area contributed by atoms with Gasteiger partial charge in [0.2, 0.25) is 29.5 Å². The predicted octanol–water partition coefficient (Wildman–Crippen LogP) is -23.1. The zero-order valence-electron chi connectivity index (χ0n) is 73.6. The number of aliphatic hydroxyl groups is 28. The van der Waals surface area contributed by atoms with Gasteiger partial charge in [0.1, 0.15) is 256 Å². The first-order valence-corrected chi connectivity index (χ1v) is 43.5. The summed E-state index contributed by atoms with van der Waals surface area (Å²) in [5.74, 6) is -6.86. The Morgan fingerprint density at radius 1 is 0.226 bits per heavy atom.